The summed E-state index contributed by atoms with van der Waals surface area (Å²) in [6.45, 7) is 6.06. The lowest BCUT2D eigenvalue weighted by Gasteiger charge is -2.31. The first-order chi connectivity index (χ1) is 13.1. The van der Waals surface area contributed by atoms with Gasteiger partial charge in [0.05, 0.1) is 19.8 Å². The van der Waals surface area contributed by atoms with Crippen LogP contribution in [-0.2, 0) is 11.2 Å². The fourth-order valence-electron chi connectivity index (χ4n) is 3.39. The molecule has 0 aliphatic carbocycles. The topological polar surface area (TPSA) is 76.8 Å². The van der Waals surface area contributed by atoms with E-state index in [9.17, 15) is 4.79 Å². The van der Waals surface area contributed by atoms with Crippen molar-refractivity contribution < 1.29 is 14.3 Å². The van der Waals surface area contributed by atoms with E-state index in [1.807, 2.05) is 44.2 Å². The SMILES string of the molecule is CCOc1ccc(NC(=O)CN2CCCc3c(N)cccc32)cc1OCC. The molecule has 3 rings (SSSR count). The largest absolute Gasteiger partial charge is 0.490 e. The molecule has 6 nitrogen and oxygen atoms in total. The predicted molar refractivity (Wildman–Crippen MR) is 109 cm³/mol. The quantitative estimate of drug-likeness (QED) is 0.731. The van der Waals surface area contributed by atoms with E-state index in [2.05, 4.69) is 10.2 Å². The highest BCUT2D eigenvalue weighted by atomic mass is 16.5. The van der Waals surface area contributed by atoms with Crippen molar-refractivity contribution in [3.8, 4) is 11.5 Å². The summed E-state index contributed by atoms with van der Waals surface area (Å²) in [6, 6.07) is 11.3. The molecule has 2 aromatic rings. The average Bonchev–Trinajstić information content (AvgIpc) is 2.65. The third-order valence-corrected chi connectivity index (χ3v) is 4.54. The van der Waals surface area contributed by atoms with Crippen LogP contribution in [0.2, 0.25) is 0 Å². The van der Waals surface area contributed by atoms with Crippen LogP contribution in [0.15, 0.2) is 36.4 Å². The van der Waals surface area contributed by atoms with Gasteiger partial charge in [0.15, 0.2) is 11.5 Å². The Balaban J connectivity index is 1.70. The molecule has 0 fully saturated rings. The molecule has 0 unspecified atom stereocenters. The minimum Gasteiger partial charge on any atom is -0.490 e. The number of nitrogen functional groups attached to an aromatic ring is 1. The van der Waals surface area contributed by atoms with Crippen LogP contribution in [-0.4, -0.2) is 32.2 Å². The molecule has 1 amide bonds. The Morgan fingerprint density at radius 2 is 1.93 bits per heavy atom. The summed E-state index contributed by atoms with van der Waals surface area (Å²) in [5, 5.41) is 2.96. The third kappa shape index (κ3) is 4.45. The van der Waals surface area contributed by atoms with Gasteiger partial charge in [0.1, 0.15) is 0 Å². The molecule has 3 N–H and O–H groups in total. The summed E-state index contributed by atoms with van der Waals surface area (Å²) >= 11 is 0. The summed E-state index contributed by atoms with van der Waals surface area (Å²) in [5.74, 6) is 1.24. The molecule has 1 aliphatic heterocycles. The number of nitrogens with two attached hydrogens (primary N) is 1. The van der Waals surface area contributed by atoms with Crippen molar-refractivity contribution in [1.29, 1.82) is 0 Å². The number of carbonyl (C=O) groups is 1. The Morgan fingerprint density at radius 3 is 2.70 bits per heavy atom. The molecule has 144 valence electrons. The molecular weight excluding hydrogens is 342 g/mol. The molecule has 6 heteroatoms. The van der Waals surface area contributed by atoms with Gasteiger partial charge in [-0.3, -0.25) is 4.79 Å². The van der Waals surface area contributed by atoms with Crippen molar-refractivity contribution in [2.24, 2.45) is 0 Å². The minimum atomic E-state index is -0.0723. The van der Waals surface area contributed by atoms with Gasteiger partial charge in [0, 0.05) is 29.7 Å². The first kappa shape index (κ1) is 18.9. The maximum atomic E-state index is 12.6. The van der Waals surface area contributed by atoms with Crippen molar-refractivity contribution in [3.63, 3.8) is 0 Å². The van der Waals surface area contributed by atoms with E-state index < -0.39 is 0 Å². The molecule has 1 aliphatic rings. The van der Waals surface area contributed by atoms with E-state index in [1.165, 1.54) is 0 Å². The van der Waals surface area contributed by atoms with Gasteiger partial charge in [-0.15, -0.1) is 0 Å². The highest BCUT2D eigenvalue weighted by Gasteiger charge is 2.20. The Morgan fingerprint density at radius 1 is 1.15 bits per heavy atom. The van der Waals surface area contributed by atoms with E-state index in [1.54, 1.807) is 6.07 Å². The molecule has 0 saturated carbocycles. The van der Waals surface area contributed by atoms with Crippen LogP contribution in [0.4, 0.5) is 17.1 Å². The Kier molecular flexibility index (Phi) is 6.06. The first-order valence-corrected chi connectivity index (χ1v) is 9.44. The molecule has 27 heavy (non-hydrogen) atoms. The summed E-state index contributed by atoms with van der Waals surface area (Å²) in [5.41, 5.74) is 9.77. The maximum Gasteiger partial charge on any atom is 0.243 e. The lowest BCUT2D eigenvalue weighted by molar-refractivity contribution is -0.115. The number of nitrogens with zero attached hydrogens (tertiary/aromatic N) is 1. The Hall–Kier alpha value is -2.89. The number of carbonyl (C=O) groups excluding carboxylic acids is 1. The molecule has 0 radical (unpaired) electrons. The molecule has 0 spiro atoms. The normalized spacial score (nSPS) is 13.0. The number of nitrogens with one attached hydrogen (secondary N) is 1. The van der Waals surface area contributed by atoms with Crippen molar-refractivity contribution in [1.82, 2.24) is 0 Å². The number of fused-ring (bicyclic) bond motifs is 1. The number of rotatable bonds is 7. The molecule has 0 aromatic heterocycles. The molecule has 2 aromatic carbocycles. The van der Waals surface area contributed by atoms with Crippen LogP contribution in [0, 0.1) is 0 Å². The number of ether oxygens (including phenoxy) is 2. The molecule has 1 heterocycles. The van der Waals surface area contributed by atoms with Gasteiger partial charge in [-0.2, -0.15) is 0 Å². The number of hydrogen-bond donors (Lipinski definition) is 2. The van der Waals surface area contributed by atoms with E-state index in [0.717, 1.165) is 36.3 Å². The van der Waals surface area contributed by atoms with Gasteiger partial charge < -0.3 is 25.4 Å². The van der Waals surface area contributed by atoms with E-state index in [-0.39, 0.29) is 12.5 Å². The van der Waals surface area contributed by atoms with Crippen LogP contribution in [0.25, 0.3) is 0 Å². The second kappa shape index (κ2) is 8.66. The van der Waals surface area contributed by atoms with E-state index >= 15 is 0 Å². The van der Waals surface area contributed by atoms with Crippen LogP contribution < -0.4 is 25.4 Å². The Labute approximate surface area is 160 Å². The zero-order chi connectivity index (χ0) is 19.2. The summed E-state index contributed by atoms with van der Waals surface area (Å²) in [7, 11) is 0. The number of anilines is 3. The van der Waals surface area contributed by atoms with Crippen molar-refractivity contribution in [2.75, 3.05) is 42.3 Å². The van der Waals surface area contributed by atoms with Gasteiger partial charge in [-0.25, -0.2) is 0 Å². The summed E-state index contributed by atoms with van der Waals surface area (Å²) in [4.78, 5) is 14.7. The average molecular weight is 369 g/mol. The third-order valence-electron chi connectivity index (χ3n) is 4.54. The highest BCUT2D eigenvalue weighted by molar-refractivity contribution is 5.94. The van der Waals surface area contributed by atoms with Crippen LogP contribution in [0.5, 0.6) is 11.5 Å². The molecule has 0 bridgehead atoms. The second-order valence-corrected chi connectivity index (χ2v) is 6.45. The highest BCUT2D eigenvalue weighted by Crippen LogP contribution is 2.32. The van der Waals surface area contributed by atoms with Crippen LogP contribution >= 0.6 is 0 Å². The molecular formula is C21H27N3O3. The number of benzene rings is 2. The second-order valence-electron chi connectivity index (χ2n) is 6.45. The lowest BCUT2D eigenvalue weighted by atomic mass is 10.00. The predicted octanol–water partition coefficient (Wildman–Crippen LogP) is 3.46. The standard InChI is InChI=1S/C21H27N3O3/c1-3-26-19-11-10-15(13-20(19)27-4-2)23-21(25)14-24-12-6-7-16-17(22)8-5-9-18(16)24/h5,8-11,13H,3-4,6-7,12,14,22H2,1-2H3,(H,23,25). The fourth-order valence-corrected chi connectivity index (χ4v) is 3.39. The first-order valence-electron chi connectivity index (χ1n) is 9.44. The van der Waals surface area contributed by atoms with Crippen molar-refractivity contribution >= 4 is 23.0 Å². The van der Waals surface area contributed by atoms with Gasteiger partial charge in [-0.05, 0) is 56.5 Å². The Bertz CT molecular complexity index is 807. The van der Waals surface area contributed by atoms with Gasteiger partial charge in [-0.1, -0.05) is 6.07 Å². The van der Waals surface area contributed by atoms with Crippen LogP contribution in [0.3, 0.4) is 0 Å². The maximum absolute atomic E-state index is 12.6. The van der Waals surface area contributed by atoms with Crippen LogP contribution in [0.1, 0.15) is 25.8 Å². The van der Waals surface area contributed by atoms with E-state index in [0.29, 0.717) is 30.4 Å². The molecule has 0 saturated heterocycles. The van der Waals surface area contributed by atoms with Crippen molar-refractivity contribution in [3.05, 3.63) is 42.0 Å². The smallest absolute Gasteiger partial charge is 0.243 e. The minimum absolute atomic E-state index is 0.0723. The van der Waals surface area contributed by atoms with Crippen molar-refractivity contribution in [2.45, 2.75) is 26.7 Å². The van der Waals surface area contributed by atoms with Gasteiger partial charge in [0.25, 0.3) is 0 Å². The summed E-state index contributed by atoms with van der Waals surface area (Å²) < 4.78 is 11.2. The number of amides is 1. The van der Waals surface area contributed by atoms with E-state index in [4.69, 9.17) is 15.2 Å². The molecule has 0 atom stereocenters. The summed E-state index contributed by atoms with van der Waals surface area (Å²) in [6.07, 6.45) is 1.95. The fraction of sp³-hybridized carbons (Fsp3) is 0.381. The zero-order valence-electron chi connectivity index (χ0n) is 16.0. The van der Waals surface area contributed by atoms with Gasteiger partial charge >= 0.3 is 0 Å². The lowest BCUT2D eigenvalue weighted by Crippen LogP contribution is -2.37. The number of hydrogen-bond acceptors (Lipinski definition) is 5. The van der Waals surface area contributed by atoms with Gasteiger partial charge in [0.2, 0.25) is 5.91 Å². The monoisotopic (exact) mass is 369 g/mol. The zero-order valence-corrected chi connectivity index (χ0v) is 16.0.